The van der Waals surface area contributed by atoms with E-state index in [9.17, 15) is 0 Å². The number of benzene rings is 2. The highest BCUT2D eigenvalue weighted by Crippen LogP contribution is 2.61. The van der Waals surface area contributed by atoms with Crippen LogP contribution in [0.5, 0.6) is 0 Å². The molecular weight excluding hydrogens is 170 g/mol. The van der Waals surface area contributed by atoms with Crippen LogP contribution < -0.4 is 5.73 Å². The zero-order valence-corrected chi connectivity index (χ0v) is 7.77. The van der Waals surface area contributed by atoms with Crippen LogP contribution in [-0.2, 0) is 0 Å². The van der Waals surface area contributed by atoms with Crippen LogP contribution in [0.2, 0.25) is 0 Å². The van der Waals surface area contributed by atoms with Crippen molar-refractivity contribution in [2.45, 2.75) is 17.9 Å². The van der Waals surface area contributed by atoms with E-state index in [1.165, 1.54) is 21.9 Å². The zero-order chi connectivity index (χ0) is 9.28. The minimum Gasteiger partial charge on any atom is -0.327 e. The Bertz CT molecular complexity index is 499. The Balaban J connectivity index is 2.19. The molecule has 0 bridgehead atoms. The molecule has 1 saturated carbocycles. The number of hydrogen-bond acceptors (Lipinski definition) is 1. The molecule has 0 radical (unpaired) electrons. The van der Waals surface area contributed by atoms with Gasteiger partial charge < -0.3 is 5.73 Å². The van der Waals surface area contributed by atoms with Crippen molar-refractivity contribution in [1.82, 2.24) is 0 Å². The van der Waals surface area contributed by atoms with Crippen LogP contribution in [0.25, 0.3) is 10.8 Å². The maximum Gasteiger partial charge on any atom is 0.0191 e. The van der Waals surface area contributed by atoms with E-state index in [0.717, 1.165) is 0 Å². The summed E-state index contributed by atoms with van der Waals surface area (Å²) in [5, 5.41) is 2.85. The maximum atomic E-state index is 6.06. The van der Waals surface area contributed by atoms with Gasteiger partial charge in [0, 0.05) is 17.9 Å². The lowest BCUT2D eigenvalue weighted by Crippen LogP contribution is -2.05. The summed E-state index contributed by atoms with van der Waals surface area (Å²) >= 11 is 0. The van der Waals surface area contributed by atoms with Crippen LogP contribution in [0.4, 0.5) is 0 Å². The molecule has 0 spiro atoms. The summed E-state index contributed by atoms with van der Waals surface area (Å²) in [4.78, 5) is 0. The predicted molar refractivity (Wildman–Crippen MR) is 57.4 cm³/mol. The van der Waals surface area contributed by atoms with Crippen molar-refractivity contribution in [3.63, 3.8) is 0 Å². The fourth-order valence-corrected chi connectivity index (χ4v) is 3.09. The summed E-state index contributed by atoms with van der Waals surface area (Å²) in [6.45, 7) is 0. The van der Waals surface area contributed by atoms with Gasteiger partial charge in [0.1, 0.15) is 0 Å². The fourth-order valence-electron chi connectivity index (χ4n) is 3.09. The Morgan fingerprint density at radius 3 is 2.00 bits per heavy atom. The number of fused-ring (bicyclic) bond motifs is 3. The van der Waals surface area contributed by atoms with Crippen LogP contribution in [0.1, 0.15) is 23.0 Å². The molecule has 0 aliphatic heterocycles. The fraction of sp³-hybridized carbons (Fsp3) is 0.231. The highest BCUT2D eigenvalue weighted by atomic mass is 14.8. The van der Waals surface area contributed by atoms with E-state index in [-0.39, 0.29) is 0 Å². The molecule has 2 aliphatic carbocycles. The van der Waals surface area contributed by atoms with Crippen molar-refractivity contribution in [1.29, 1.82) is 0 Å². The van der Waals surface area contributed by atoms with Gasteiger partial charge >= 0.3 is 0 Å². The van der Waals surface area contributed by atoms with Gasteiger partial charge in [0.15, 0.2) is 0 Å². The number of hydrogen-bond donors (Lipinski definition) is 1. The van der Waals surface area contributed by atoms with E-state index in [0.29, 0.717) is 17.9 Å². The molecule has 2 N–H and O–H groups in total. The second-order valence-corrected chi connectivity index (χ2v) is 4.42. The standard InChI is InChI=1S/C13H11N/c14-13-11-8-5-1-3-7-4-2-6-9(10(7)8)12(11)13/h1-6,11-13H,14H2/t11-,12-/m1/s1. The summed E-state index contributed by atoms with van der Waals surface area (Å²) in [6.07, 6.45) is 0. The second kappa shape index (κ2) is 2.01. The van der Waals surface area contributed by atoms with E-state index in [1.807, 2.05) is 0 Å². The first-order valence-corrected chi connectivity index (χ1v) is 5.15. The molecule has 14 heavy (non-hydrogen) atoms. The molecule has 0 unspecified atom stereocenters. The maximum absolute atomic E-state index is 6.06. The summed E-state index contributed by atoms with van der Waals surface area (Å²) in [5.41, 5.74) is 9.03. The minimum absolute atomic E-state index is 0.385. The average Bonchev–Trinajstić information content (AvgIpc) is 2.74. The number of nitrogens with two attached hydrogens (primary N) is 1. The van der Waals surface area contributed by atoms with Gasteiger partial charge in [-0.05, 0) is 21.9 Å². The highest BCUT2D eigenvalue weighted by Gasteiger charge is 2.54. The summed E-state index contributed by atoms with van der Waals surface area (Å²) in [7, 11) is 0. The summed E-state index contributed by atoms with van der Waals surface area (Å²) in [5.74, 6) is 1.24. The molecule has 2 atom stereocenters. The molecule has 68 valence electrons. The molecule has 1 heteroatoms. The molecule has 0 aromatic heterocycles. The molecule has 0 heterocycles. The quantitative estimate of drug-likeness (QED) is 0.663. The Morgan fingerprint density at radius 2 is 1.43 bits per heavy atom. The van der Waals surface area contributed by atoms with Gasteiger partial charge in [-0.2, -0.15) is 0 Å². The topological polar surface area (TPSA) is 26.0 Å². The van der Waals surface area contributed by atoms with Gasteiger partial charge in [-0.1, -0.05) is 36.4 Å². The van der Waals surface area contributed by atoms with Crippen LogP contribution in [0, 0.1) is 0 Å². The van der Waals surface area contributed by atoms with Crippen molar-refractivity contribution >= 4 is 10.8 Å². The molecule has 2 aromatic carbocycles. The lowest BCUT2D eigenvalue weighted by Gasteiger charge is -2.06. The third-order valence-corrected chi connectivity index (χ3v) is 3.76. The van der Waals surface area contributed by atoms with Crippen molar-refractivity contribution in [2.24, 2.45) is 5.73 Å². The van der Waals surface area contributed by atoms with Crippen LogP contribution >= 0.6 is 0 Å². The largest absolute Gasteiger partial charge is 0.327 e. The molecule has 4 rings (SSSR count). The molecule has 2 aliphatic rings. The van der Waals surface area contributed by atoms with Gasteiger partial charge in [-0.3, -0.25) is 0 Å². The highest BCUT2D eigenvalue weighted by molar-refractivity contribution is 5.94. The van der Waals surface area contributed by atoms with Crippen LogP contribution in [0.15, 0.2) is 36.4 Å². The summed E-state index contributed by atoms with van der Waals surface area (Å²) < 4.78 is 0. The Kier molecular flexibility index (Phi) is 1.01. The number of rotatable bonds is 0. The molecule has 2 aromatic rings. The van der Waals surface area contributed by atoms with Gasteiger partial charge in [0.05, 0.1) is 0 Å². The van der Waals surface area contributed by atoms with Crippen molar-refractivity contribution in [3.8, 4) is 0 Å². The third-order valence-electron chi connectivity index (χ3n) is 3.76. The molecule has 1 fully saturated rings. The average molecular weight is 181 g/mol. The van der Waals surface area contributed by atoms with E-state index in [1.54, 1.807) is 0 Å². The first kappa shape index (κ1) is 7.02. The van der Waals surface area contributed by atoms with Crippen molar-refractivity contribution < 1.29 is 0 Å². The molecule has 0 saturated heterocycles. The Morgan fingerprint density at radius 1 is 0.857 bits per heavy atom. The first-order chi connectivity index (χ1) is 6.88. The molecule has 0 amide bonds. The monoisotopic (exact) mass is 181 g/mol. The Hall–Kier alpha value is -1.34. The van der Waals surface area contributed by atoms with Crippen molar-refractivity contribution in [2.75, 3.05) is 0 Å². The minimum atomic E-state index is 0.385. The molecule has 1 nitrogen and oxygen atoms in total. The smallest absolute Gasteiger partial charge is 0.0191 e. The van der Waals surface area contributed by atoms with Crippen LogP contribution in [0.3, 0.4) is 0 Å². The second-order valence-electron chi connectivity index (χ2n) is 4.42. The van der Waals surface area contributed by atoms with Crippen LogP contribution in [-0.4, -0.2) is 6.04 Å². The van der Waals surface area contributed by atoms with E-state index >= 15 is 0 Å². The third kappa shape index (κ3) is 0.602. The van der Waals surface area contributed by atoms with Gasteiger partial charge in [0.2, 0.25) is 0 Å². The predicted octanol–water partition coefficient (Wildman–Crippen LogP) is 2.36. The van der Waals surface area contributed by atoms with E-state index < -0.39 is 0 Å². The molecular formula is C13H11N. The Labute approximate surface area is 82.5 Å². The summed E-state index contributed by atoms with van der Waals surface area (Å²) in [6, 6.07) is 13.5. The van der Waals surface area contributed by atoms with Gasteiger partial charge in [-0.25, -0.2) is 0 Å². The van der Waals surface area contributed by atoms with E-state index in [4.69, 9.17) is 5.73 Å². The van der Waals surface area contributed by atoms with Crippen molar-refractivity contribution in [3.05, 3.63) is 47.5 Å². The van der Waals surface area contributed by atoms with Gasteiger partial charge in [0.25, 0.3) is 0 Å². The van der Waals surface area contributed by atoms with E-state index in [2.05, 4.69) is 36.4 Å². The zero-order valence-electron chi connectivity index (χ0n) is 7.77. The lowest BCUT2D eigenvalue weighted by molar-refractivity contribution is 0.976. The van der Waals surface area contributed by atoms with Gasteiger partial charge in [-0.15, -0.1) is 0 Å². The SMILES string of the molecule is NC1[C@@H]2c3cccc4cccc(c34)[C@@H]12. The first-order valence-electron chi connectivity index (χ1n) is 5.15. The lowest BCUT2D eigenvalue weighted by atomic mass is 10.0. The normalized spacial score (nSPS) is 31.9.